The Kier molecular flexibility index (Phi) is 5.28. The molecule has 0 spiro atoms. The minimum Gasteiger partial charge on any atom is -0.467 e. The van der Waals surface area contributed by atoms with Crippen LogP contribution < -0.4 is 0 Å². The number of aromatic nitrogens is 2. The molecule has 1 atom stereocenters. The highest BCUT2D eigenvalue weighted by Gasteiger charge is 2.12. The monoisotopic (exact) mass is 338 g/mol. The van der Waals surface area contributed by atoms with E-state index in [2.05, 4.69) is 10.2 Å². The van der Waals surface area contributed by atoms with Gasteiger partial charge in [-0.15, -0.1) is 21.5 Å². The molecule has 0 aliphatic rings. The summed E-state index contributed by atoms with van der Waals surface area (Å²) in [6.45, 7) is 0.567. The molecular weight excluding hydrogens is 324 g/mol. The van der Waals surface area contributed by atoms with Crippen molar-refractivity contribution >= 4 is 23.1 Å². The first-order chi connectivity index (χ1) is 10.8. The van der Waals surface area contributed by atoms with Crippen molar-refractivity contribution in [2.24, 2.45) is 0 Å². The fraction of sp³-hybridized carbons (Fsp3) is 0.286. The van der Waals surface area contributed by atoms with Gasteiger partial charge in [0.15, 0.2) is 0 Å². The van der Waals surface area contributed by atoms with E-state index in [1.807, 2.05) is 23.6 Å². The number of rotatable bonds is 8. The molecule has 6 nitrogen and oxygen atoms in total. The van der Waals surface area contributed by atoms with Crippen molar-refractivity contribution in [1.82, 2.24) is 10.2 Å². The van der Waals surface area contributed by atoms with Crippen LogP contribution in [0.15, 0.2) is 50.0 Å². The van der Waals surface area contributed by atoms with Gasteiger partial charge in [-0.3, -0.25) is 0 Å². The number of aliphatic hydroxyl groups is 1. The molecule has 0 saturated carbocycles. The Morgan fingerprint density at radius 1 is 1.32 bits per heavy atom. The molecular formula is C14H14N2O4S2. The van der Waals surface area contributed by atoms with Crippen LogP contribution in [0.4, 0.5) is 0 Å². The number of furan rings is 1. The lowest BCUT2D eigenvalue weighted by molar-refractivity contribution is 0.0328. The maximum absolute atomic E-state index is 9.87. The van der Waals surface area contributed by atoms with Crippen LogP contribution in [0.1, 0.15) is 5.76 Å². The van der Waals surface area contributed by atoms with E-state index >= 15 is 0 Å². The highest BCUT2D eigenvalue weighted by Crippen LogP contribution is 2.26. The average Bonchev–Trinajstić information content (AvgIpc) is 3.26. The highest BCUT2D eigenvalue weighted by molar-refractivity contribution is 7.99. The fourth-order valence-corrected chi connectivity index (χ4v) is 2.99. The molecule has 0 aromatic carbocycles. The molecule has 1 N–H and O–H groups in total. The topological polar surface area (TPSA) is 81.5 Å². The number of nitrogens with zero attached hydrogens (tertiary/aromatic N) is 2. The van der Waals surface area contributed by atoms with Gasteiger partial charge in [0.1, 0.15) is 12.4 Å². The Labute approximate surface area is 135 Å². The molecule has 3 rings (SSSR count). The smallest absolute Gasteiger partial charge is 0.276 e. The van der Waals surface area contributed by atoms with Crippen molar-refractivity contribution in [3.8, 4) is 10.8 Å². The Morgan fingerprint density at radius 3 is 3.05 bits per heavy atom. The number of hydrogen-bond donors (Lipinski definition) is 1. The predicted octanol–water partition coefficient (Wildman–Crippen LogP) is 3.06. The molecule has 0 amide bonds. The van der Waals surface area contributed by atoms with Gasteiger partial charge in [-0.05, 0) is 23.6 Å². The van der Waals surface area contributed by atoms with Crippen molar-refractivity contribution in [1.29, 1.82) is 0 Å². The van der Waals surface area contributed by atoms with Crippen LogP contribution >= 0.6 is 23.1 Å². The molecule has 3 aromatic rings. The van der Waals surface area contributed by atoms with Crippen molar-refractivity contribution < 1.29 is 18.7 Å². The molecule has 1 unspecified atom stereocenters. The zero-order valence-corrected chi connectivity index (χ0v) is 13.2. The molecule has 0 radical (unpaired) electrons. The molecule has 22 heavy (non-hydrogen) atoms. The van der Waals surface area contributed by atoms with Crippen LogP contribution in [-0.4, -0.2) is 33.8 Å². The summed E-state index contributed by atoms with van der Waals surface area (Å²) in [6, 6.07) is 7.47. The lowest BCUT2D eigenvalue weighted by Gasteiger charge is -2.08. The van der Waals surface area contributed by atoms with E-state index < -0.39 is 6.10 Å². The SMILES string of the molecule is OC(COCc1ccco1)CSc1nnc(-c2cccs2)o1. The van der Waals surface area contributed by atoms with Gasteiger partial charge in [-0.25, -0.2) is 0 Å². The molecule has 0 aliphatic carbocycles. The van der Waals surface area contributed by atoms with Crippen LogP contribution in [0.25, 0.3) is 10.8 Å². The summed E-state index contributed by atoms with van der Waals surface area (Å²) in [6.07, 6.45) is 0.975. The normalized spacial score (nSPS) is 12.6. The van der Waals surface area contributed by atoms with E-state index in [4.69, 9.17) is 13.6 Å². The van der Waals surface area contributed by atoms with E-state index in [1.165, 1.54) is 23.1 Å². The number of ether oxygens (including phenoxy) is 1. The Hall–Kier alpha value is -1.61. The fourth-order valence-electron chi connectivity index (χ4n) is 1.67. The van der Waals surface area contributed by atoms with Crippen molar-refractivity contribution in [3.05, 3.63) is 41.7 Å². The first-order valence-electron chi connectivity index (χ1n) is 6.59. The minimum absolute atomic E-state index is 0.222. The van der Waals surface area contributed by atoms with E-state index in [0.29, 0.717) is 23.5 Å². The van der Waals surface area contributed by atoms with Crippen molar-refractivity contribution in [2.75, 3.05) is 12.4 Å². The van der Waals surface area contributed by atoms with E-state index in [0.717, 1.165) is 10.6 Å². The number of aliphatic hydroxyl groups excluding tert-OH is 1. The first-order valence-corrected chi connectivity index (χ1v) is 8.46. The number of hydrogen-bond acceptors (Lipinski definition) is 8. The third-order valence-corrected chi connectivity index (χ3v) is 4.49. The summed E-state index contributed by atoms with van der Waals surface area (Å²) >= 11 is 2.85. The largest absolute Gasteiger partial charge is 0.467 e. The average molecular weight is 338 g/mol. The second-order valence-electron chi connectivity index (χ2n) is 4.41. The number of thioether (sulfide) groups is 1. The summed E-state index contributed by atoms with van der Waals surface area (Å²) in [5.74, 6) is 1.66. The molecule has 8 heteroatoms. The summed E-state index contributed by atoms with van der Waals surface area (Å²) in [5.41, 5.74) is 0. The molecule has 0 bridgehead atoms. The van der Waals surface area contributed by atoms with E-state index in [-0.39, 0.29) is 6.61 Å². The van der Waals surface area contributed by atoms with Gasteiger partial charge >= 0.3 is 0 Å². The van der Waals surface area contributed by atoms with Crippen LogP contribution in [0.3, 0.4) is 0 Å². The predicted molar refractivity (Wildman–Crippen MR) is 82.7 cm³/mol. The third-order valence-electron chi connectivity index (χ3n) is 2.67. The Morgan fingerprint density at radius 2 is 2.27 bits per heavy atom. The zero-order valence-electron chi connectivity index (χ0n) is 11.5. The molecule has 0 saturated heterocycles. The molecule has 3 heterocycles. The van der Waals surface area contributed by atoms with Crippen LogP contribution in [0.2, 0.25) is 0 Å². The van der Waals surface area contributed by atoms with Gasteiger partial charge in [0, 0.05) is 5.75 Å². The minimum atomic E-state index is -0.614. The lowest BCUT2D eigenvalue weighted by atomic mass is 10.4. The van der Waals surface area contributed by atoms with Gasteiger partial charge in [-0.2, -0.15) is 0 Å². The quantitative estimate of drug-likeness (QED) is 0.632. The zero-order chi connectivity index (χ0) is 15.2. The van der Waals surface area contributed by atoms with Crippen LogP contribution in [-0.2, 0) is 11.3 Å². The van der Waals surface area contributed by atoms with Crippen molar-refractivity contribution in [2.45, 2.75) is 17.9 Å². The van der Waals surface area contributed by atoms with E-state index in [1.54, 1.807) is 12.3 Å². The Bertz CT molecular complexity index is 667. The van der Waals surface area contributed by atoms with Crippen molar-refractivity contribution in [3.63, 3.8) is 0 Å². The summed E-state index contributed by atoms with van der Waals surface area (Å²) in [7, 11) is 0. The van der Waals surface area contributed by atoms with Gasteiger partial charge in [0.25, 0.3) is 11.1 Å². The first kappa shape index (κ1) is 15.3. The summed E-state index contributed by atoms with van der Waals surface area (Å²) in [5, 5.41) is 20.2. The molecule has 0 fully saturated rings. The summed E-state index contributed by atoms with van der Waals surface area (Å²) in [4.78, 5) is 0.932. The van der Waals surface area contributed by atoms with Gasteiger partial charge in [-0.1, -0.05) is 17.8 Å². The van der Waals surface area contributed by atoms with Gasteiger partial charge in [0.05, 0.1) is 23.9 Å². The van der Waals surface area contributed by atoms with Crippen LogP contribution in [0, 0.1) is 0 Å². The van der Waals surface area contributed by atoms with Gasteiger partial charge in [0.2, 0.25) is 0 Å². The van der Waals surface area contributed by atoms with E-state index in [9.17, 15) is 5.11 Å². The molecule has 116 valence electrons. The third kappa shape index (κ3) is 4.20. The molecule has 0 aliphatic heterocycles. The van der Waals surface area contributed by atoms with Crippen LogP contribution in [0.5, 0.6) is 0 Å². The second-order valence-corrected chi connectivity index (χ2v) is 6.33. The lowest BCUT2D eigenvalue weighted by Crippen LogP contribution is -2.17. The Balaban J connectivity index is 1.40. The van der Waals surface area contributed by atoms with Gasteiger partial charge < -0.3 is 18.7 Å². The standard InChI is InChI=1S/C14H14N2O4S2/c17-10(7-18-8-11-3-1-5-19-11)9-22-14-16-15-13(20-14)12-4-2-6-21-12/h1-6,10,17H,7-9H2. The summed E-state index contributed by atoms with van der Waals surface area (Å²) < 4.78 is 16.0. The maximum atomic E-state index is 9.87. The highest BCUT2D eigenvalue weighted by atomic mass is 32.2. The maximum Gasteiger partial charge on any atom is 0.276 e. The molecule has 3 aromatic heterocycles. The number of thiophene rings is 1. The second kappa shape index (κ2) is 7.59.